The number of fused-ring (bicyclic) bond motifs is 1. The van der Waals surface area contributed by atoms with Crippen LogP contribution in [0.2, 0.25) is 0 Å². The molecule has 0 aromatic heterocycles. The van der Waals surface area contributed by atoms with E-state index in [-0.39, 0.29) is 12.1 Å². The van der Waals surface area contributed by atoms with Crippen LogP contribution in [0.1, 0.15) is 5.56 Å². The van der Waals surface area contributed by atoms with E-state index in [0.29, 0.717) is 5.56 Å². The molecule has 2 aromatic carbocycles. The smallest absolute Gasteiger partial charge is 0.340 e. The zero-order chi connectivity index (χ0) is 20.8. The number of carbonyl (C=O) groups is 2. The van der Waals surface area contributed by atoms with Gasteiger partial charge in [0.15, 0.2) is 5.76 Å². The lowest BCUT2D eigenvalue weighted by Crippen LogP contribution is -2.48. The number of carbonyl (C=O) groups excluding carboxylic acids is 2. The second-order valence-corrected chi connectivity index (χ2v) is 7.70. The van der Waals surface area contributed by atoms with Crippen molar-refractivity contribution in [1.82, 2.24) is 4.90 Å². The first-order valence-electron chi connectivity index (χ1n) is 8.92. The molecule has 0 spiro atoms. The summed E-state index contributed by atoms with van der Waals surface area (Å²) in [6, 6.07) is 16.7. The Morgan fingerprint density at radius 2 is 1.79 bits per heavy atom. The summed E-state index contributed by atoms with van der Waals surface area (Å²) in [6.45, 7) is 0.206. The average molecular weight is 459 g/mol. The van der Waals surface area contributed by atoms with E-state index < -0.39 is 29.5 Å². The first-order chi connectivity index (χ1) is 14.0. The second kappa shape index (κ2) is 7.20. The molecule has 4 rings (SSSR count). The van der Waals surface area contributed by atoms with Crippen molar-refractivity contribution in [2.24, 2.45) is 0 Å². The lowest BCUT2D eigenvalue weighted by molar-refractivity contribution is -0.142. The maximum atomic E-state index is 13.1. The van der Waals surface area contributed by atoms with Gasteiger partial charge in [0.25, 0.3) is 5.91 Å². The molecule has 0 unspecified atom stereocenters. The summed E-state index contributed by atoms with van der Waals surface area (Å²) >= 11 is 3.42. The van der Waals surface area contributed by atoms with Crippen LogP contribution >= 0.6 is 15.9 Å². The van der Waals surface area contributed by atoms with Gasteiger partial charge in [0.1, 0.15) is 11.1 Å². The number of aliphatic hydroxyl groups excluding tert-OH is 1. The van der Waals surface area contributed by atoms with Crippen LogP contribution in [0, 0.1) is 0 Å². The monoisotopic (exact) mass is 458 g/mol. The third-order valence-electron chi connectivity index (χ3n) is 5.38. The number of methoxy groups -OCH3 is 2. The van der Waals surface area contributed by atoms with Crippen molar-refractivity contribution in [2.75, 3.05) is 25.7 Å². The lowest BCUT2D eigenvalue weighted by Gasteiger charge is -2.34. The maximum absolute atomic E-state index is 13.1. The highest BCUT2D eigenvalue weighted by molar-refractivity contribution is 9.10. The minimum absolute atomic E-state index is 0.0853. The van der Waals surface area contributed by atoms with Crippen molar-refractivity contribution in [3.8, 4) is 0 Å². The van der Waals surface area contributed by atoms with Crippen molar-refractivity contribution in [2.45, 2.75) is 11.9 Å². The van der Waals surface area contributed by atoms with E-state index in [9.17, 15) is 14.7 Å². The van der Waals surface area contributed by atoms with Crippen molar-refractivity contribution < 1.29 is 24.2 Å². The van der Waals surface area contributed by atoms with Gasteiger partial charge in [0.2, 0.25) is 6.35 Å². The fourth-order valence-electron chi connectivity index (χ4n) is 4.16. The molecular weight excluding hydrogens is 440 g/mol. The number of hydrogen-bond donors (Lipinski definition) is 1. The van der Waals surface area contributed by atoms with Gasteiger partial charge >= 0.3 is 5.97 Å². The molecule has 29 heavy (non-hydrogen) atoms. The molecule has 7 nitrogen and oxygen atoms in total. The molecule has 0 bridgehead atoms. The Kier molecular flexibility index (Phi) is 4.84. The Balaban J connectivity index is 1.95. The van der Waals surface area contributed by atoms with Crippen LogP contribution in [0.5, 0.6) is 0 Å². The van der Waals surface area contributed by atoms with Gasteiger partial charge in [-0.05, 0) is 29.8 Å². The van der Waals surface area contributed by atoms with Gasteiger partial charge in [-0.2, -0.15) is 0 Å². The summed E-state index contributed by atoms with van der Waals surface area (Å²) in [5.74, 6) is -2.05. The standard InChI is InChI=1S/C21H19BrN2O5/c1-28-19(27)16-17(25)18(26)24-20(29-2)23(15-10-8-14(22)9-11-15)12-21(16,24)13-6-4-3-5-7-13/h3-11,20,25H,12H2,1-2H3/t20-,21-/m0/s1. The van der Waals surface area contributed by atoms with Crippen molar-refractivity contribution >= 4 is 33.5 Å². The molecule has 0 radical (unpaired) electrons. The molecule has 150 valence electrons. The van der Waals surface area contributed by atoms with Crippen LogP contribution in [-0.2, 0) is 24.6 Å². The Labute approximate surface area is 176 Å². The molecule has 2 aliphatic heterocycles. The first kappa shape index (κ1) is 19.5. The fraction of sp³-hybridized carbons (Fsp3) is 0.238. The first-order valence-corrected chi connectivity index (χ1v) is 9.71. The van der Waals surface area contributed by atoms with E-state index in [0.717, 1.165) is 10.2 Å². The Morgan fingerprint density at radius 1 is 1.14 bits per heavy atom. The predicted molar refractivity (Wildman–Crippen MR) is 109 cm³/mol. The van der Waals surface area contributed by atoms with Crippen LogP contribution in [0.15, 0.2) is 70.4 Å². The predicted octanol–water partition coefficient (Wildman–Crippen LogP) is 2.92. The molecular formula is C21H19BrN2O5. The van der Waals surface area contributed by atoms with Gasteiger partial charge in [-0.3, -0.25) is 9.69 Å². The summed E-state index contributed by atoms with van der Waals surface area (Å²) in [7, 11) is 2.71. The van der Waals surface area contributed by atoms with Crippen molar-refractivity contribution in [3.63, 3.8) is 0 Å². The quantitative estimate of drug-likeness (QED) is 0.709. The Bertz CT molecular complexity index is 992. The van der Waals surface area contributed by atoms with Crippen LogP contribution in [-0.4, -0.2) is 49.0 Å². The van der Waals surface area contributed by atoms with E-state index in [1.54, 1.807) is 0 Å². The maximum Gasteiger partial charge on any atom is 0.340 e. The third kappa shape index (κ3) is 2.74. The highest BCUT2D eigenvalue weighted by Crippen LogP contribution is 2.51. The highest BCUT2D eigenvalue weighted by atomic mass is 79.9. The number of benzene rings is 2. The average Bonchev–Trinajstić information content (AvgIpc) is 3.19. The zero-order valence-corrected chi connectivity index (χ0v) is 17.4. The van der Waals surface area contributed by atoms with E-state index in [1.165, 1.54) is 19.1 Å². The van der Waals surface area contributed by atoms with E-state index in [4.69, 9.17) is 9.47 Å². The number of esters is 1. The summed E-state index contributed by atoms with van der Waals surface area (Å²) in [5.41, 5.74) is 0.155. The molecule has 1 amide bonds. The minimum atomic E-state index is -1.25. The van der Waals surface area contributed by atoms with Crippen LogP contribution in [0.25, 0.3) is 0 Å². The van der Waals surface area contributed by atoms with E-state index >= 15 is 0 Å². The normalized spacial score (nSPS) is 23.6. The van der Waals surface area contributed by atoms with E-state index in [2.05, 4.69) is 15.9 Å². The van der Waals surface area contributed by atoms with Crippen molar-refractivity contribution in [3.05, 3.63) is 76.0 Å². The Morgan fingerprint density at radius 3 is 2.38 bits per heavy atom. The van der Waals surface area contributed by atoms with Gasteiger partial charge in [0, 0.05) is 17.3 Å². The number of hydrogen-bond acceptors (Lipinski definition) is 6. The molecule has 2 atom stereocenters. The molecule has 1 fully saturated rings. The molecule has 2 heterocycles. The molecule has 8 heteroatoms. The SMILES string of the molecule is COC(=O)C1=C(O)C(=O)N2[C@@H](OC)N(c3ccc(Br)cc3)C[C@]12c1ccccc1. The Hall–Kier alpha value is -2.84. The van der Waals surface area contributed by atoms with E-state index in [1.807, 2.05) is 59.5 Å². The number of ether oxygens (including phenoxy) is 2. The van der Waals surface area contributed by atoms with Crippen LogP contribution < -0.4 is 4.90 Å². The summed E-state index contributed by atoms with van der Waals surface area (Å²) in [4.78, 5) is 29.1. The second-order valence-electron chi connectivity index (χ2n) is 6.78. The summed E-state index contributed by atoms with van der Waals surface area (Å²) in [5, 5.41) is 10.6. The van der Waals surface area contributed by atoms with Gasteiger partial charge in [0.05, 0.1) is 13.7 Å². The molecule has 1 saturated heterocycles. The molecule has 0 saturated carbocycles. The number of anilines is 1. The van der Waals surface area contributed by atoms with Crippen molar-refractivity contribution in [1.29, 1.82) is 0 Å². The molecule has 2 aliphatic rings. The topological polar surface area (TPSA) is 79.3 Å². The minimum Gasteiger partial charge on any atom is -0.503 e. The van der Waals surface area contributed by atoms with Crippen LogP contribution in [0.3, 0.4) is 0 Å². The van der Waals surface area contributed by atoms with Gasteiger partial charge in [-0.25, -0.2) is 4.79 Å². The van der Waals surface area contributed by atoms with Gasteiger partial charge in [-0.1, -0.05) is 46.3 Å². The third-order valence-corrected chi connectivity index (χ3v) is 5.91. The molecule has 0 aliphatic carbocycles. The summed E-state index contributed by atoms with van der Waals surface area (Å²) < 4.78 is 11.5. The number of aliphatic hydroxyl groups is 1. The summed E-state index contributed by atoms with van der Waals surface area (Å²) in [6.07, 6.45) is -0.826. The number of nitrogens with zero attached hydrogens (tertiary/aromatic N) is 2. The van der Waals surface area contributed by atoms with Crippen LogP contribution in [0.4, 0.5) is 5.69 Å². The molecule has 1 N–H and O–H groups in total. The number of rotatable bonds is 4. The number of halogens is 1. The van der Waals surface area contributed by atoms with Gasteiger partial charge < -0.3 is 19.5 Å². The number of amides is 1. The molecule has 2 aromatic rings. The lowest BCUT2D eigenvalue weighted by atomic mass is 9.83. The zero-order valence-electron chi connectivity index (χ0n) is 15.8. The largest absolute Gasteiger partial charge is 0.503 e. The van der Waals surface area contributed by atoms with Gasteiger partial charge in [-0.15, -0.1) is 0 Å². The highest BCUT2D eigenvalue weighted by Gasteiger charge is 2.64. The fourth-order valence-corrected chi connectivity index (χ4v) is 4.42.